The summed E-state index contributed by atoms with van der Waals surface area (Å²) in [6.45, 7) is 3.83. The Bertz CT molecular complexity index is 1190. The van der Waals surface area contributed by atoms with Crippen molar-refractivity contribution in [3.05, 3.63) is 93.0 Å². The molecule has 8 heteroatoms. The lowest BCUT2D eigenvalue weighted by Gasteiger charge is -2.24. The zero-order valence-electron chi connectivity index (χ0n) is 17.3. The molecule has 5 nitrogen and oxygen atoms in total. The number of carbonyl (C=O) groups is 1. The summed E-state index contributed by atoms with van der Waals surface area (Å²) in [7, 11) is -3.63. The number of rotatable bonds is 6. The molecule has 0 aliphatic carbocycles. The van der Waals surface area contributed by atoms with Crippen LogP contribution in [0.5, 0.6) is 0 Å². The molecule has 0 saturated heterocycles. The van der Waals surface area contributed by atoms with Crippen LogP contribution in [0.1, 0.15) is 27.0 Å². The van der Waals surface area contributed by atoms with E-state index in [1.165, 1.54) is 4.31 Å². The second-order valence-corrected chi connectivity index (χ2v) is 9.96. The monoisotopic (exact) mass is 476 g/mol. The maximum atomic E-state index is 12.7. The van der Waals surface area contributed by atoms with Gasteiger partial charge in [0.2, 0.25) is 10.0 Å². The van der Waals surface area contributed by atoms with E-state index in [4.69, 9.17) is 23.2 Å². The van der Waals surface area contributed by atoms with Crippen LogP contribution in [0.2, 0.25) is 10.0 Å². The van der Waals surface area contributed by atoms with Crippen molar-refractivity contribution >= 4 is 50.5 Å². The van der Waals surface area contributed by atoms with Crippen LogP contribution in [0.15, 0.2) is 60.7 Å². The lowest BCUT2D eigenvalue weighted by molar-refractivity contribution is 0.102. The van der Waals surface area contributed by atoms with Gasteiger partial charge in [-0.05, 0) is 61.4 Å². The molecule has 3 rings (SSSR count). The highest BCUT2D eigenvalue weighted by atomic mass is 35.5. The molecule has 0 bridgehead atoms. The van der Waals surface area contributed by atoms with Gasteiger partial charge >= 0.3 is 0 Å². The SMILES string of the molecule is Cc1cccc(C)c1NC(=O)c1ccc(N(Cc2c(Cl)cccc2Cl)S(C)(=O)=O)cc1. The number of halogens is 2. The second kappa shape index (κ2) is 9.30. The van der Waals surface area contributed by atoms with Crippen molar-refractivity contribution in [3.8, 4) is 0 Å². The summed E-state index contributed by atoms with van der Waals surface area (Å²) in [5, 5.41) is 3.68. The number of para-hydroxylation sites is 1. The van der Waals surface area contributed by atoms with Crippen molar-refractivity contribution in [2.45, 2.75) is 20.4 Å². The van der Waals surface area contributed by atoms with E-state index in [9.17, 15) is 13.2 Å². The Labute approximate surface area is 192 Å². The number of nitrogens with zero attached hydrogens (tertiary/aromatic N) is 1. The van der Waals surface area contributed by atoms with E-state index in [1.807, 2.05) is 32.0 Å². The van der Waals surface area contributed by atoms with Gasteiger partial charge in [0.15, 0.2) is 0 Å². The van der Waals surface area contributed by atoms with Gasteiger partial charge in [-0.15, -0.1) is 0 Å². The molecule has 0 aromatic heterocycles. The fourth-order valence-electron chi connectivity index (χ4n) is 3.20. The summed E-state index contributed by atoms with van der Waals surface area (Å²) in [4.78, 5) is 12.7. The van der Waals surface area contributed by atoms with Gasteiger partial charge in [0, 0.05) is 26.9 Å². The van der Waals surface area contributed by atoms with E-state index in [0.717, 1.165) is 23.1 Å². The molecule has 1 amide bonds. The highest BCUT2D eigenvalue weighted by molar-refractivity contribution is 7.92. The summed E-state index contributed by atoms with van der Waals surface area (Å²) in [6.07, 6.45) is 1.11. The van der Waals surface area contributed by atoms with Gasteiger partial charge in [0.05, 0.1) is 18.5 Å². The Kier molecular flexibility index (Phi) is 6.94. The van der Waals surface area contributed by atoms with E-state index in [2.05, 4.69) is 5.32 Å². The molecule has 0 saturated carbocycles. The van der Waals surface area contributed by atoms with Crippen LogP contribution in [0.3, 0.4) is 0 Å². The third-order valence-electron chi connectivity index (χ3n) is 4.90. The van der Waals surface area contributed by atoms with E-state index in [0.29, 0.717) is 26.9 Å². The van der Waals surface area contributed by atoms with Crippen LogP contribution in [0.4, 0.5) is 11.4 Å². The Morgan fingerprint density at radius 1 is 0.903 bits per heavy atom. The minimum absolute atomic E-state index is 0.0225. The first-order valence-corrected chi connectivity index (χ1v) is 12.1. The summed E-state index contributed by atoms with van der Waals surface area (Å²) < 4.78 is 26.1. The van der Waals surface area contributed by atoms with Crippen molar-refractivity contribution in [1.82, 2.24) is 0 Å². The number of carbonyl (C=O) groups excluding carboxylic acids is 1. The molecule has 0 fully saturated rings. The van der Waals surface area contributed by atoms with Gasteiger partial charge in [-0.1, -0.05) is 47.5 Å². The molecule has 0 spiro atoms. The predicted octanol–water partition coefficient (Wildman–Crippen LogP) is 5.83. The van der Waals surface area contributed by atoms with Gasteiger partial charge in [0.25, 0.3) is 5.91 Å². The number of benzene rings is 3. The van der Waals surface area contributed by atoms with Crippen LogP contribution in [-0.2, 0) is 16.6 Å². The number of aryl methyl sites for hydroxylation is 2. The molecule has 0 aliphatic rings. The minimum atomic E-state index is -3.63. The van der Waals surface area contributed by atoms with Gasteiger partial charge in [-0.25, -0.2) is 8.42 Å². The number of sulfonamides is 1. The number of hydrogen-bond donors (Lipinski definition) is 1. The van der Waals surface area contributed by atoms with Gasteiger partial charge in [-0.3, -0.25) is 9.10 Å². The van der Waals surface area contributed by atoms with Crippen LogP contribution in [0.25, 0.3) is 0 Å². The molecule has 0 radical (unpaired) electrons. The third kappa shape index (κ3) is 5.39. The molecular formula is C23H22Cl2N2O3S. The molecule has 0 heterocycles. The maximum absolute atomic E-state index is 12.7. The van der Waals surface area contributed by atoms with Crippen molar-refractivity contribution in [2.24, 2.45) is 0 Å². The summed E-state index contributed by atoms with van der Waals surface area (Å²) in [6, 6.07) is 17.1. The number of hydrogen-bond acceptors (Lipinski definition) is 3. The highest BCUT2D eigenvalue weighted by Gasteiger charge is 2.21. The minimum Gasteiger partial charge on any atom is -0.322 e. The fraction of sp³-hybridized carbons (Fsp3) is 0.174. The topological polar surface area (TPSA) is 66.5 Å². The lowest BCUT2D eigenvalue weighted by Crippen LogP contribution is -2.29. The van der Waals surface area contributed by atoms with E-state index in [-0.39, 0.29) is 12.5 Å². The van der Waals surface area contributed by atoms with Crippen molar-refractivity contribution in [2.75, 3.05) is 15.9 Å². The van der Waals surface area contributed by atoms with Crippen LogP contribution >= 0.6 is 23.2 Å². The number of amides is 1. The quantitative estimate of drug-likeness (QED) is 0.486. The van der Waals surface area contributed by atoms with Crippen molar-refractivity contribution in [1.29, 1.82) is 0 Å². The van der Waals surface area contributed by atoms with Crippen LogP contribution in [0, 0.1) is 13.8 Å². The Balaban J connectivity index is 1.87. The van der Waals surface area contributed by atoms with E-state index < -0.39 is 10.0 Å². The normalized spacial score (nSPS) is 11.3. The van der Waals surface area contributed by atoms with Crippen molar-refractivity contribution < 1.29 is 13.2 Å². The van der Waals surface area contributed by atoms with Crippen LogP contribution in [-0.4, -0.2) is 20.6 Å². The molecule has 31 heavy (non-hydrogen) atoms. The maximum Gasteiger partial charge on any atom is 0.255 e. The molecule has 1 N–H and O–H groups in total. The second-order valence-electron chi connectivity index (χ2n) is 7.24. The molecule has 162 valence electrons. The molecule has 3 aromatic carbocycles. The highest BCUT2D eigenvalue weighted by Crippen LogP contribution is 2.29. The first-order valence-electron chi connectivity index (χ1n) is 9.46. The van der Waals surface area contributed by atoms with Gasteiger partial charge in [-0.2, -0.15) is 0 Å². The Morgan fingerprint density at radius 3 is 1.94 bits per heavy atom. The molecule has 3 aromatic rings. The Morgan fingerprint density at radius 2 is 1.42 bits per heavy atom. The fourth-order valence-corrected chi connectivity index (χ4v) is 4.59. The molecule has 0 aliphatic heterocycles. The van der Waals surface area contributed by atoms with E-state index >= 15 is 0 Å². The molecular weight excluding hydrogens is 455 g/mol. The summed E-state index contributed by atoms with van der Waals surface area (Å²) in [5.74, 6) is -0.274. The average Bonchev–Trinajstić information content (AvgIpc) is 2.70. The zero-order chi connectivity index (χ0) is 22.8. The molecule has 0 atom stereocenters. The third-order valence-corrected chi connectivity index (χ3v) is 6.75. The largest absolute Gasteiger partial charge is 0.322 e. The first kappa shape index (κ1) is 23.1. The Hall–Kier alpha value is -2.54. The van der Waals surface area contributed by atoms with Gasteiger partial charge < -0.3 is 5.32 Å². The van der Waals surface area contributed by atoms with Crippen molar-refractivity contribution in [3.63, 3.8) is 0 Å². The zero-order valence-corrected chi connectivity index (χ0v) is 19.6. The van der Waals surface area contributed by atoms with E-state index in [1.54, 1.807) is 42.5 Å². The number of anilines is 2. The predicted molar refractivity (Wildman–Crippen MR) is 128 cm³/mol. The first-order chi connectivity index (χ1) is 14.6. The van der Waals surface area contributed by atoms with Gasteiger partial charge in [0.1, 0.15) is 0 Å². The lowest BCUT2D eigenvalue weighted by atomic mass is 10.1. The molecule has 0 unspecified atom stereocenters. The number of nitrogens with one attached hydrogen (secondary N) is 1. The van der Waals surface area contributed by atoms with Crippen LogP contribution < -0.4 is 9.62 Å². The average molecular weight is 477 g/mol. The smallest absolute Gasteiger partial charge is 0.255 e. The summed E-state index contributed by atoms with van der Waals surface area (Å²) in [5.41, 5.74) is 4.02. The standard InChI is InChI=1S/C23H22Cl2N2O3S/c1-15-6-4-7-16(2)22(15)26-23(28)17-10-12-18(13-11-17)27(31(3,29)30)14-19-20(24)8-5-9-21(19)25/h4-13H,14H2,1-3H3,(H,26,28). The summed E-state index contributed by atoms with van der Waals surface area (Å²) >= 11 is 12.4.